The topological polar surface area (TPSA) is 90.0 Å². The summed E-state index contributed by atoms with van der Waals surface area (Å²) in [5, 5.41) is 3.90. The van der Waals surface area contributed by atoms with Gasteiger partial charge in [-0.15, -0.1) is 0 Å². The Hall–Kier alpha value is -3.11. The van der Waals surface area contributed by atoms with E-state index in [1.54, 1.807) is 31.2 Å². The number of carbonyl (C=O) groups is 2. The van der Waals surface area contributed by atoms with Crippen molar-refractivity contribution in [3.05, 3.63) is 99.0 Å². The maximum atomic E-state index is 14.5. The summed E-state index contributed by atoms with van der Waals surface area (Å²) in [5.74, 6) is -0.792. The Kier molecular flexibility index (Phi) is 11.9. The van der Waals surface area contributed by atoms with Gasteiger partial charge in [-0.05, 0) is 67.1 Å². The molecular weight excluding hydrogens is 631 g/mol. The molecule has 45 heavy (non-hydrogen) atoms. The summed E-state index contributed by atoms with van der Waals surface area (Å²) in [6.45, 7) is 3.19. The Morgan fingerprint density at radius 2 is 1.58 bits per heavy atom. The van der Waals surface area contributed by atoms with Crippen LogP contribution >= 0.6 is 23.2 Å². The van der Waals surface area contributed by atoms with Crippen molar-refractivity contribution in [2.24, 2.45) is 0 Å². The van der Waals surface area contributed by atoms with Crippen LogP contribution in [0.5, 0.6) is 0 Å². The highest BCUT2D eigenvalue weighted by Gasteiger charge is 2.36. The fraction of sp³-hybridized carbons (Fsp3) is 0.412. The zero-order chi connectivity index (χ0) is 32.7. The Morgan fingerprint density at radius 3 is 2.22 bits per heavy atom. The monoisotopic (exact) mass is 672 g/mol. The molecule has 0 saturated heterocycles. The zero-order valence-electron chi connectivity index (χ0n) is 26.3. The quantitative estimate of drug-likeness (QED) is 0.244. The van der Waals surface area contributed by atoms with E-state index in [-0.39, 0.29) is 24.9 Å². The van der Waals surface area contributed by atoms with E-state index < -0.39 is 28.7 Å². The fourth-order valence-electron chi connectivity index (χ4n) is 5.62. The number of carbonyl (C=O) groups excluding carboxylic acids is 2. The van der Waals surface area contributed by atoms with Gasteiger partial charge in [0.05, 0.1) is 15.7 Å². The van der Waals surface area contributed by atoms with Gasteiger partial charge in [0.15, 0.2) is 0 Å². The summed E-state index contributed by atoms with van der Waals surface area (Å²) in [7, 11) is -1.23. The highest BCUT2D eigenvalue weighted by atomic mass is 35.5. The number of anilines is 1. The maximum Gasteiger partial charge on any atom is 0.304 e. The van der Waals surface area contributed by atoms with Crippen LogP contribution < -0.4 is 9.62 Å². The molecule has 4 rings (SSSR count). The highest BCUT2D eigenvalue weighted by molar-refractivity contribution is 7.90. The van der Waals surface area contributed by atoms with Gasteiger partial charge in [0, 0.05) is 33.1 Å². The molecule has 0 spiro atoms. The number of hydrogen-bond donors (Lipinski definition) is 1. The van der Waals surface area contributed by atoms with Gasteiger partial charge in [-0.1, -0.05) is 91.0 Å². The van der Waals surface area contributed by atoms with E-state index in [1.807, 2.05) is 49.4 Å². The van der Waals surface area contributed by atoms with Gasteiger partial charge in [0.25, 0.3) is 0 Å². The fourth-order valence-corrected chi connectivity index (χ4v) is 7.06. The number of halogens is 2. The minimum Gasteiger partial charge on any atom is -0.352 e. The summed E-state index contributed by atoms with van der Waals surface area (Å²) in [5.41, 5.74) is 3.49. The molecule has 1 N–H and O–H groups in total. The van der Waals surface area contributed by atoms with Gasteiger partial charge in [-0.2, -0.15) is 12.7 Å². The lowest BCUT2D eigenvalue weighted by Crippen LogP contribution is -2.55. The predicted octanol–water partition coefficient (Wildman–Crippen LogP) is 6.31. The number of amides is 2. The third-order valence-electron chi connectivity index (χ3n) is 8.21. The van der Waals surface area contributed by atoms with Crippen LogP contribution in [0.25, 0.3) is 0 Å². The second-order valence-electron chi connectivity index (χ2n) is 11.9. The Balaban J connectivity index is 1.79. The molecule has 8 nitrogen and oxygen atoms in total. The Morgan fingerprint density at radius 1 is 0.889 bits per heavy atom. The average molecular weight is 674 g/mol. The van der Waals surface area contributed by atoms with Crippen molar-refractivity contribution in [1.82, 2.24) is 14.5 Å². The summed E-state index contributed by atoms with van der Waals surface area (Å²) in [6, 6.07) is 19.2. The van der Waals surface area contributed by atoms with Crippen molar-refractivity contribution in [2.75, 3.05) is 24.9 Å². The van der Waals surface area contributed by atoms with E-state index in [0.29, 0.717) is 26.9 Å². The van der Waals surface area contributed by atoms with E-state index in [1.165, 1.54) is 19.0 Å². The molecule has 0 bridgehead atoms. The molecule has 0 radical (unpaired) electrons. The zero-order valence-corrected chi connectivity index (χ0v) is 28.6. The van der Waals surface area contributed by atoms with Gasteiger partial charge in [-0.25, -0.2) is 4.31 Å². The second kappa shape index (κ2) is 15.5. The number of benzene rings is 3. The molecule has 1 saturated carbocycles. The van der Waals surface area contributed by atoms with Crippen LogP contribution in [0.4, 0.5) is 5.69 Å². The molecule has 0 heterocycles. The number of aryl methyl sites for hydroxylation is 2. The molecule has 3 aromatic carbocycles. The molecule has 11 heteroatoms. The first-order chi connectivity index (χ1) is 21.4. The molecule has 0 aromatic heterocycles. The van der Waals surface area contributed by atoms with Gasteiger partial charge < -0.3 is 10.2 Å². The summed E-state index contributed by atoms with van der Waals surface area (Å²) >= 11 is 12.6. The first-order valence-electron chi connectivity index (χ1n) is 15.2. The molecule has 1 unspecified atom stereocenters. The lowest BCUT2D eigenvalue weighted by Gasteiger charge is -2.36. The standard InChI is InChI=1S/C34H42Cl2N4O4S/c1-24-15-16-25(2)31(19-24)40(45(43,44)38(3)4)23-33(41)39(22-27-17-18-29(35)30(36)20-27)32(21-26-11-7-5-8-12-26)34(42)37-28-13-9-6-10-14-28/h5,7-8,11-12,15-20,28,32H,6,9-10,13-14,21-23H2,1-4H3,(H,37,42). The van der Waals surface area contributed by atoms with Crippen LogP contribution in [-0.2, 0) is 32.8 Å². The average Bonchev–Trinajstić information content (AvgIpc) is 3.01. The van der Waals surface area contributed by atoms with Crippen LogP contribution in [0.15, 0.2) is 66.7 Å². The van der Waals surface area contributed by atoms with Crippen molar-refractivity contribution in [2.45, 2.75) is 71.0 Å². The second-order valence-corrected chi connectivity index (χ2v) is 14.8. The van der Waals surface area contributed by atoms with E-state index >= 15 is 0 Å². The van der Waals surface area contributed by atoms with Crippen molar-refractivity contribution >= 4 is 50.9 Å². The normalized spacial score (nSPS) is 14.6. The minimum absolute atomic E-state index is 0.0204. The molecule has 1 atom stereocenters. The van der Waals surface area contributed by atoms with Gasteiger partial charge in [0.1, 0.15) is 12.6 Å². The van der Waals surface area contributed by atoms with Gasteiger partial charge in [-0.3, -0.25) is 9.59 Å². The molecule has 1 aliphatic carbocycles. The molecule has 2 amide bonds. The minimum atomic E-state index is -4.09. The largest absolute Gasteiger partial charge is 0.352 e. The van der Waals surface area contributed by atoms with Crippen LogP contribution in [-0.4, -0.2) is 62.2 Å². The Labute approximate surface area is 277 Å². The van der Waals surface area contributed by atoms with Crippen LogP contribution in [0.1, 0.15) is 54.4 Å². The van der Waals surface area contributed by atoms with E-state index in [2.05, 4.69) is 5.32 Å². The van der Waals surface area contributed by atoms with Crippen LogP contribution in [0.3, 0.4) is 0 Å². The summed E-state index contributed by atoms with van der Waals surface area (Å²) in [4.78, 5) is 30.2. The predicted molar refractivity (Wildman–Crippen MR) is 182 cm³/mol. The maximum absolute atomic E-state index is 14.5. The third kappa shape index (κ3) is 9.00. The first-order valence-corrected chi connectivity index (χ1v) is 17.4. The van der Waals surface area contributed by atoms with E-state index in [9.17, 15) is 18.0 Å². The number of nitrogens with zero attached hydrogens (tertiary/aromatic N) is 3. The molecule has 242 valence electrons. The lowest BCUT2D eigenvalue weighted by molar-refractivity contribution is -0.140. The summed E-state index contributed by atoms with van der Waals surface area (Å²) in [6.07, 6.45) is 5.21. The van der Waals surface area contributed by atoms with Crippen molar-refractivity contribution in [3.8, 4) is 0 Å². The van der Waals surface area contributed by atoms with Gasteiger partial charge >= 0.3 is 10.2 Å². The van der Waals surface area contributed by atoms with Crippen molar-refractivity contribution < 1.29 is 18.0 Å². The van der Waals surface area contributed by atoms with Gasteiger partial charge in [0.2, 0.25) is 11.8 Å². The first kappa shape index (κ1) is 34.8. The van der Waals surface area contributed by atoms with E-state index in [4.69, 9.17) is 23.2 Å². The lowest BCUT2D eigenvalue weighted by atomic mass is 9.94. The highest BCUT2D eigenvalue weighted by Crippen LogP contribution is 2.28. The van der Waals surface area contributed by atoms with Crippen molar-refractivity contribution in [3.63, 3.8) is 0 Å². The number of rotatable bonds is 12. The molecule has 1 fully saturated rings. The summed E-state index contributed by atoms with van der Waals surface area (Å²) < 4.78 is 29.6. The Bertz CT molecular complexity index is 1590. The SMILES string of the molecule is Cc1ccc(C)c(N(CC(=O)N(Cc2ccc(Cl)c(Cl)c2)C(Cc2ccccc2)C(=O)NC2CCCCC2)S(=O)(=O)N(C)C)c1. The number of hydrogen-bond acceptors (Lipinski definition) is 4. The van der Waals surface area contributed by atoms with E-state index in [0.717, 1.165) is 51.8 Å². The number of nitrogens with one attached hydrogen (secondary N) is 1. The smallest absolute Gasteiger partial charge is 0.304 e. The van der Waals surface area contributed by atoms with Crippen LogP contribution in [0, 0.1) is 13.8 Å². The molecule has 0 aliphatic heterocycles. The molecular formula is C34H42Cl2N4O4S. The van der Waals surface area contributed by atoms with Crippen LogP contribution in [0.2, 0.25) is 10.0 Å². The van der Waals surface area contributed by atoms with Crippen molar-refractivity contribution in [1.29, 1.82) is 0 Å². The third-order valence-corrected chi connectivity index (χ3v) is 10.8. The molecule has 1 aliphatic rings. The molecule has 3 aromatic rings.